The zero-order valence-corrected chi connectivity index (χ0v) is 28.5. The molecule has 1 unspecified atom stereocenters. The molecule has 262 valence electrons. The van der Waals surface area contributed by atoms with Gasteiger partial charge in [0.05, 0.1) is 37.6 Å². The van der Waals surface area contributed by atoms with E-state index in [0.717, 1.165) is 0 Å². The Morgan fingerprint density at radius 1 is 0.979 bits per heavy atom. The third-order valence-electron chi connectivity index (χ3n) is 13.6. The zero-order valence-electron chi connectivity index (χ0n) is 28.5. The molecule has 15 atom stereocenters. The number of piperidine rings is 1. The number of hydrogen-bond acceptors (Lipinski definition) is 12. The fourth-order valence-corrected chi connectivity index (χ4v) is 12.5. The lowest BCUT2D eigenvalue weighted by atomic mass is 9.42. The standard InChI is InChI=1S/C35H51NO11/c1-8-36-16-32(17-41-3)21(37)14-22(43-5)34-20-15-33(40)29(47-31(39)18-10-12-19(42-4)13-11-18)23(20)35(46-9-2,28(38)30(33)45-7)24(27(34)36)25(44-6)26(32)34/h10-13,20-30,37-38,40H,8-9,14-17H2,1-7H3/t20-,21-,22+,23-,24+,25+,26-,27?,28+,29-,30+,32+,33-,34+,35-/m1/s1. The molecular formula is C35H51NO11. The van der Waals surface area contributed by atoms with Crippen LogP contribution in [0.15, 0.2) is 24.3 Å². The van der Waals surface area contributed by atoms with Gasteiger partial charge in [-0.25, -0.2) is 4.79 Å². The van der Waals surface area contributed by atoms with Crippen molar-refractivity contribution < 1.29 is 53.3 Å². The summed E-state index contributed by atoms with van der Waals surface area (Å²) in [6, 6.07) is 6.45. The van der Waals surface area contributed by atoms with E-state index in [1.54, 1.807) is 52.7 Å². The van der Waals surface area contributed by atoms with Crippen molar-refractivity contribution in [3.63, 3.8) is 0 Å². The molecule has 1 saturated heterocycles. The van der Waals surface area contributed by atoms with Gasteiger partial charge >= 0.3 is 5.97 Å². The average Bonchev–Trinajstić information content (AvgIpc) is 3.44. The minimum Gasteiger partial charge on any atom is -0.497 e. The summed E-state index contributed by atoms with van der Waals surface area (Å²) in [5.74, 6) is -1.71. The highest BCUT2D eigenvalue weighted by molar-refractivity contribution is 5.89. The predicted octanol–water partition coefficient (Wildman–Crippen LogP) is 1.13. The maximum atomic E-state index is 13.9. The molecule has 7 bridgehead atoms. The summed E-state index contributed by atoms with van der Waals surface area (Å²) in [7, 11) is 8.06. The number of hydrogen-bond donors (Lipinski definition) is 3. The fourth-order valence-electron chi connectivity index (χ4n) is 12.5. The minimum atomic E-state index is -1.74. The van der Waals surface area contributed by atoms with Gasteiger partial charge in [-0.2, -0.15) is 0 Å². The van der Waals surface area contributed by atoms with Crippen LogP contribution in [0.3, 0.4) is 0 Å². The van der Waals surface area contributed by atoms with Crippen molar-refractivity contribution in [2.24, 2.45) is 34.5 Å². The summed E-state index contributed by atoms with van der Waals surface area (Å²) in [6.07, 6.45) is -4.56. The van der Waals surface area contributed by atoms with Crippen molar-refractivity contribution in [3.05, 3.63) is 29.8 Å². The van der Waals surface area contributed by atoms with E-state index in [9.17, 15) is 20.1 Å². The Morgan fingerprint density at radius 3 is 2.28 bits per heavy atom. The Hall–Kier alpha value is -1.87. The van der Waals surface area contributed by atoms with Crippen LogP contribution >= 0.6 is 0 Å². The van der Waals surface area contributed by atoms with E-state index in [4.69, 9.17) is 33.2 Å². The second kappa shape index (κ2) is 11.6. The van der Waals surface area contributed by atoms with Crippen molar-refractivity contribution >= 4 is 5.97 Å². The van der Waals surface area contributed by atoms with E-state index in [1.807, 2.05) is 6.92 Å². The monoisotopic (exact) mass is 661 g/mol. The van der Waals surface area contributed by atoms with Crippen LogP contribution in [0.1, 0.15) is 37.0 Å². The van der Waals surface area contributed by atoms with Crippen molar-refractivity contribution in [1.82, 2.24) is 4.90 Å². The molecule has 12 nitrogen and oxygen atoms in total. The molecule has 47 heavy (non-hydrogen) atoms. The average molecular weight is 662 g/mol. The van der Waals surface area contributed by atoms with E-state index < -0.39 is 76.5 Å². The van der Waals surface area contributed by atoms with Gasteiger partial charge in [0.25, 0.3) is 0 Å². The number of aliphatic hydroxyl groups is 3. The Kier molecular flexibility index (Phi) is 8.30. The number of esters is 1. The highest BCUT2D eigenvalue weighted by atomic mass is 16.6. The second-order valence-corrected chi connectivity index (χ2v) is 14.6. The number of benzene rings is 1. The molecule has 1 heterocycles. The fraction of sp³-hybridized carbons (Fsp3) is 0.800. The summed E-state index contributed by atoms with van der Waals surface area (Å²) < 4.78 is 43.5. The third kappa shape index (κ3) is 3.88. The molecule has 0 radical (unpaired) electrons. The smallest absolute Gasteiger partial charge is 0.338 e. The highest BCUT2D eigenvalue weighted by Crippen LogP contribution is 2.80. The molecule has 7 rings (SSSR count). The van der Waals surface area contributed by atoms with E-state index in [0.29, 0.717) is 37.4 Å². The number of nitrogens with zero attached hydrogens (tertiary/aromatic N) is 1. The molecule has 6 aliphatic rings. The lowest BCUT2D eigenvalue weighted by Crippen LogP contribution is -2.81. The number of carbonyl (C=O) groups is 1. The van der Waals surface area contributed by atoms with Crippen LogP contribution in [-0.4, -0.2) is 142 Å². The van der Waals surface area contributed by atoms with Crippen LogP contribution in [0.5, 0.6) is 5.75 Å². The normalized spacial score (nSPS) is 49.2. The first kappa shape index (κ1) is 33.6. The molecule has 5 aliphatic carbocycles. The number of rotatable bonds is 11. The van der Waals surface area contributed by atoms with Gasteiger partial charge in [-0.3, -0.25) is 4.90 Å². The summed E-state index contributed by atoms with van der Waals surface area (Å²) >= 11 is 0. The number of ether oxygens (including phenoxy) is 7. The van der Waals surface area contributed by atoms with Gasteiger partial charge in [-0.15, -0.1) is 0 Å². The largest absolute Gasteiger partial charge is 0.497 e. The molecule has 1 aliphatic heterocycles. The molecule has 12 heteroatoms. The molecule has 6 fully saturated rings. The van der Waals surface area contributed by atoms with Crippen molar-refractivity contribution in [2.45, 2.75) is 80.6 Å². The maximum Gasteiger partial charge on any atom is 0.338 e. The summed E-state index contributed by atoms with van der Waals surface area (Å²) in [5.41, 5.74) is -4.16. The van der Waals surface area contributed by atoms with E-state index >= 15 is 0 Å². The quantitative estimate of drug-likeness (QED) is 0.293. The van der Waals surface area contributed by atoms with Crippen molar-refractivity contribution in [2.75, 3.05) is 61.9 Å². The lowest BCUT2D eigenvalue weighted by Gasteiger charge is -2.70. The minimum absolute atomic E-state index is 0.176. The molecule has 0 amide bonds. The number of likely N-dealkylation sites (tertiary alicyclic amines) is 1. The van der Waals surface area contributed by atoms with Gasteiger partial charge in [-0.1, -0.05) is 6.92 Å². The highest BCUT2D eigenvalue weighted by Gasteiger charge is 2.91. The Morgan fingerprint density at radius 2 is 1.70 bits per heavy atom. The Balaban J connectivity index is 1.48. The van der Waals surface area contributed by atoms with Gasteiger partial charge in [0.1, 0.15) is 35.3 Å². The first-order chi connectivity index (χ1) is 22.6. The first-order valence-electron chi connectivity index (χ1n) is 17.0. The van der Waals surface area contributed by atoms with Crippen LogP contribution in [0.2, 0.25) is 0 Å². The SMILES string of the molecule is CCO[C@]12[C@H]3[C@@H](OC(=O)c4ccc(OC)cc4)[C@](O)(C[C@H]3[C@@]34C5[C@@H]1[C@H](OC)[C@@H]3[C@](COC)(CN5CC)[C@H](O)C[C@@H]4OC)[C@@H](OC)[C@@H]2O. The van der Waals surface area contributed by atoms with Crippen LogP contribution in [0, 0.1) is 34.5 Å². The molecule has 3 N–H and O–H groups in total. The molecule has 1 spiro atoms. The predicted molar refractivity (Wildman–Crippen MR) is 167 cm³/mol. The molecule has 5 saturated carbocycles. The molecule has 1 aromatic rings. The molecule has 0 aromatic heterocycles. The maximum absolute atomic E-state index is 13.9. The van der Waals surface area contributed by atoms with E-state index in [1.165, 1.54) is 7.11 Å². The third-order valence-corrected chi connectivity index (χ3v) is 13.6. The van der Waals surface area contributed by atoms with Crippen molar-refractivity contribution in [1.29, 1.82) is 0 Å². The molecular weight excluding hydrogens is 610 g/mol. The van der Waals surface area contributed by atoms with Crippen LogP contribution < -0.4 is 4.74 Å². The van der Waals surface area contributed by atoms with E-state index in [2.05, 4.69) is 11.8 Å². The van der Waals surface area contributed by atoms with E-state index in [-0.39, 0.29) is 30.9 Å². The van der Waals surface area contributed by atoms with Gasteiger partial charge in [0, 0.05) is 82.6 Å². The molecule has 1 aromatic carbocycles. The van der Waals surface area contributed by atoms with Gasteiger partial charge in [-0.05, 0) is 50.1 Å². The van der Waals surface area contributed by atoms with Crippen molar-refractivity contribution in [3.8, 4) is 5.75 Å². The van der Waals surface area contributed by atoms with Gasteiger partial charge in [0.15, 0.2) is 0 Å². The van der Waals surface area contributed by atoms with Gasteiger partial charge < -0.3 is 48.5 Å². The second-order valence-electron chi connectivity index (χ2n) is 14.6. The van der Waals surface area contributed by atoms with Crippen LogP contribution in [0.25, 0.3) is 0 Å². The summed E-state index contributed by atoms with van der Waals surface area (Å²) in [6.45, 7) is 5.81. The topological polar surface area (TPSA) is 146 Å². The number of fused-ring (bicyclic) bond motifs is 2. The zero-order chi connectivity index (χ0) is 33.7. The first-order valence-corrected chi connectivity index (χ1v) is 17.0. The Bertz CT molecular complexity index is 1350. The lowest BCUT2D eigenvalue weighted by molar-refractivity contribution is -0.330. The van der Waals surface area contributed by atoms with Crippen LogP contribution in [0.4, 0.5) is 0 Å². The number of aliphatic hydroxyl groups excluding tert-OH is 2. The number of carbonyl (C=O) groups excluding carboxylic acids is 1. The van der Waals surface area contributed by atoms with Crippen LogP contribution in [-0.2, 0) is 28.4 Å². The van der Waals surface area contributed by atoms with Gasteiger partial charge in [0.2, 0.25) is 0 Å². The Labute approximate surface area is 276 Å². The number of methoxy groups -OCH3 is 5. The summed E-state index contributed by atoms with van der Waals surface area (Å²) in [5, 5.41) is 37.5. The summed E-state index contributed by atoms with van der Waals surface area (Å²) in [4.78, 5) is 16.3.